The summed E-state index contributed by atoms with van der Waals surface area (Å²) in [6.45, 7) is 0.298. The largest absolute Gasteiger partial charge is 0.271 e. The van der Waals surface area contributed by atoms with Crippen LogP contribution in [0.1, 0.15) is 12.8 Å². The summed E-state index contributed by atoms with van der Waals surface area (Å²) in [5.41, 5.74) is -0.260. The molecule has 1 aromatic carbocycles. The molecule has 0 spiro atoms. The first-order valence-electron chi connectivity index (χ1n) is 6.24. The molecule has 112 valence electrons. The lowest BCUT2D eigenvalue weighted by Crippen LogP contribution is -2.33. The molecule has 0 aliphatic heterocycles. The average molecular weight is 329 g/mol. The Morgan fingerprint density at radius 2 is 2.14 bits per heavy atom. The van der Waals surface area contributed by atoms with Gasteiger partial charge in [0.2, 0.25) is 10.0 Å². The van der Waals surface area contributed by atoms with Crippen molar-refractivity contribution in [1.29, 1.82) is 0 Å². The van der Waals surface area contributed by atoms with E-state index < -0.39 is 14.9 Å². The van der Waals surface area contributed by atoms with Gasteiger partial charge in [-0.25, -0.2) is 8.42 Å². The molecule has 0 atom stereocenters. The number of sulfonamides is 1. The average Bonchev–Trinajstić information content (AvgIpc) is 3.21. The van der Waals surface area contributed by atoms with E-state index in [1.54, 1.807) is 0 Å². The minimum atomic E-state index is -3.86. The molecule has 1 saturated carbocycles. The molecule has 0 radical (unpaired) electrons. The van der Waals surface area contributed by atoms with Crippen molar-refractivity contribution in [3.05, 3.63) is 33.3 Å². The lowest BCUT2D eigenvalue weighted by Gasteiger charge is -2.20. The third-order valence-corrected chi connectivity index (χ3v) is 5.47. The fraction of sp³-hybridized carbons (Fsp3) is 0.385. The molecule has 0 saturated heterocycles. The molecule has 2 rings (SSSR count). The Bertz CT molecular complexity index is 707. The SMILES string of the molecule is C#CCN(CC1CC1)S(=O)(=O)c1ccc([N+](=O)[O-])cc1Cl. The van der Waals surface area contributed by atoms with Crippen molar-refractivity contribution in [2.75, 3.05) is 13.1 Å². The van der Waals surface area contributed by atoms with Crippen LogP contribution in [-0.2, 0) is 10.0 Å². The van der Waals surface area contributed by atoms with Gasteiger partial charge in [0, 0.05) is 18.7 Å². The molecule has 0 amide bonds. The number of nitro groups is 1. The summed E-state index contributed by atoms with van der Waals surface area (Å²) >= 11 is 5.89. The molecule has 0 bridgehead atoms. The van der Waals surface area contributed by atoms with Gasteiger partial charge in [-0.05, 0) is 24.8 Å². The molecule has 0 N–H and O–H groups in total. The molecule has 1 aliphatic carbocycles. The Kier molecular flexibility index (Phi) is 4.52. The van der Waals surface area contributed by atoms with Gasteiger partial charge in [-0.2, -0.15) is 4.31 Å². The van der Waals surface area contributed by atoms with E-state index in [0.717, 1.165) is 31.0 Å². The molecule has 21 heavy (non-hydrogen) atoms. The van der Waals surface area contributed by atoms with Crippen LogP contribution in [0.2, 0.25) is 5.02 Å². The normalized spacial score (nSPS) is 14.9. The fourth-order valence-electron chi connectivity index (χ4n) is 1.89. The van der Waals surface area contributed by atoms with Crippen LogP contribution in [0, 0.1) is 28.4 Å². The van der Waals surface area contributed by atoms with E-state index in [1.807, 2.05) is 0 Å². The standard InChI is InChI=1S/C13H13ClN2O4S/c1-2-7-15(9-10-3-4-10)21(19,20)13-6-5-11(16(17)18)8-12(13)14/h1,5-6,8,10H,3-4,7,9H2. The molecule has 8 heteroatoms. The van der Waals surface area contributed by atoms with E-state index in [9.17, 15) is 18.5 Å². The Morgan fingerprint density at radius 1 is 1.48 bits per heavy atom. The van der Waals surface area contributed by atoms with Crippen LogP contribution < -0.4 is 0 Å². The van der Waals surface area contributed by atoms with Gasteiger partial charge >= 0.3 is 0 Å². The Morgan fingerprint density at radius 3 is 2.62 bits per heavy atom. The minimum Gasteiger partial charge on any atom is -0.258 e. The number of nitro benzene ring substituents is 1. The zero-order chi connectivity index (χ0) is 15.6. The second-order valence-corrected chi connectivity index (χ2v) is 7.13. The number of nitrogens with zero attached hydrogens (tertiary/aromatic N) is 2. The number of benzene rings is 1. The lowest BCUT2D eigenvalue weighted by atomic mass is 10.3. The number of hydrogen-bond acceptors (Lipinski definition) is 4. The summed E-state index contributed by atoms with van der Waals surface area (Å²) in [6, 6.07) is 3.29. The molecule has 1 aliphatic rings. The van der Waals surface area contributed by atoms with E-state index in [-0.39, 0.29) is 22.2 Å². The Hall–Kier alpha value is -1.62. The van der Waals surface area contributed by atoms with Crippen LogP contribution in [-0.4, -0.2) is 30.7 Å². The zero-order valence-corrected chi connectivity index (χ0v) is 12.6. The highest BCUT2D eigenvalue weighted by Gasteiger charge is 2.32. The number of non-ortho nitro benzene ring substituents is 1. The van der Waals surface area contributed by atoms with Gasteiger partial charge in [-0.15, -0.1) is 6.42 Å². The van der Waals surface area contributed by atoms with Crippen LogP contribution in [0.5, 0.6) is 0 Å². The maximum atomic E-state index is 12.6. The monoisotopic (exact) mass is 328 g/mol. The molecule has 1 aromatic rings. The Labute approximate surface area is 127 Å². The topological polar surface area (TPSA) is 80.5 Å². The van der Waals surface area contributed by atoms with Crippen molar-refractivity contribution in [2.45, 2.75) is 17.7 Å². The molecule has 1 fully saturated rings. The summed E-state index contributed by atoms with van der Waals surface area (Å²) in [7, 11) is -3.86. The molecule has 0 heterocycles. The first-order chi connectivity index (χ1) is 9.86. The van der Waals surface area contributed by atoms with Gasteiger partial charge in [-0.3, -0.25) is 10.1 Å². The van der Waals surface area contributed by atoms with E-state index in [4.69, 9.17) is 18.0 Å². The molecule has 6 nitrogen and oxygen atoms in total. The van der Waals surface area contributed by atoms with Gasteiger partial charge in [0.05, 0.1) is 16.5 Å². The van der Waals surface area contributed by atoms with Gasteiger partial charge in [0.25, 0.3) is 5.69 Å². The number of terminal acetylenes is 1. The van der Waals surface area contributed by atoms with Crippen LogP contribution >= 0.6 is 11.6 Å². The second-order valence-electron chi connectivity index (χ2n) is 4.82. The number of rotatable bonds is 6. The van der Waals surface area contributed by atoms with Crippen LogP contribution in [0.15, 0.2) is 23.1 Å². The van der Waals surface area contributed by atoms with E-state index in [0.29, 0.717) is 12.5 Å². The van der Waals surface area contributed by atoms with Gasteiger partial charge in [-0.1, -0.05) is 17.5 Å². The highest BCUT2D eigenvalue weighted by molar-refractivity contribution is 7.89. The van der Waals surface area contributed by atoms with Crippen molar-refractivity contribution in [2.24, 2.45) is 5.92 Å². The second kappa shape index (κ2) is 6.02. The van der Waals surface area contributed by atoms with E-state index in [2.05, 4.69) is 5.92 Å². The zero-order valence-electron chi connectivity index (χ0n) is 11.0. The van der Waals surface area contributed by atoms with Crippen molar-refractivity contribution in [1.82, 2.24) is 4.31 Å². The van der Waals surface area contributed by atoms with Crippen molar-refractivity contribution in [3.8, 4) is 12.3 Å². The lowest BCUT2D eigenvalue weighted by molar-refractivity contribution is -0.384. The highest BCUT2D eigenvalue weighted by Crippen LogP contribution is 2.33. The van der Waals surface area contributed by atoms with Crippen molar-refractivity contribution >= 4 is 27.3 Å². The van der Waals surface area contributed by atoms with E-state index in [1.165, 1.54) is 4.31 Å². The smallest absolute Gasteiger partial charge is 0.258 e. The maximum Gasteiger partial charge on any atom is 0.271 e. The maximum absolute atomic E-state index is 12.6. The summed E-state index contributed by atoms with van der Waals surface area (Å²) in [5, 5.41) is 10.5. The quantitative estimate of drug-likeness (QED) is 0.456. The summed E-state index contributed by atoms with van der Waals surface area (Å²) < 4.78 is 26.3. The molecule has 0 unspecified atom stereocenters. The third-order valence-electron chi connectivity index (χ3n) is 3.17. The molecular weight excluding hydrogens is 316 g/mol. The predicted molar refractivity (Wildman–Crippen MR) is 78.4 cm³/mol. The van der Waals surface area contributed by atoms with Crippen LogP contribution in [0.4, 0.5) is 5.69 Å². The van der Waals surface area contributed by atoms with Gasteiger partial charge in [0.15, 0.2) is 0 Å². The minimum absolute atomic E-state index is 0.0495. The van der Waals surface area contributed by atoms with Gasteiger partial charge < -0.3 is 0 Å². The molecular formula is C13H13ClN2O4S. The first-order valence-corrected chi connectivity index (χ1v) is 8.05. The summed E-state index contributed by atoms with van der Waals surface area (Å²) in [4.78, 5) is 9.87. The number of hydrogen-bond donors (Lipinski definition) is 0. The van der Waals surface area contributed by atoms with Crippen molar-refractivity contribution < 1.29 is 13.3 Å². The third kappa shape index (κ3) is 3.53. The highest BCUT2D eigenvalue weighted by atomic mass is 35.5. The Balaban J connectivity index is 2.37. The molecule has 0 aromatic heterocycles. The fourth-order valence-corrected chi connectivity index (χ4v) is 3.83. The summed E-state index contributed by atoms with van der Waals surface area (Å²) in [6.07, 6.45) is 7.18. The van der Waals surface area contributed by atoms with Gasteiger partial charge in [0.1, 0.15) is 4.90 Å². The predicted octanol–water partition coefficient (Wildman–Crippen LogP) is 2.28. The summed E-state index contributed by atoms with van der Waals surface area (Å²) in [5.74, 6) is 2.65. The van der Waals surface area contributed by atoms with Crippen LogP contribution in [0.25, 0.3) is 0 Å². The van der Waals surface area contributed by atoms with E-state index >= 15 is 0 Å². The van der Waals surface area contributed by atoms with Crippen LogP contribution in [0.3, 0.4) is 0 Å². The van der Waals surface area contributed by atoms with Crippen molar-refractivity contribution in [3.63, 3.8) is 0 Å². The first kappa shape index (κ1) is 15.8. The number of halogens is 1.